The summed E-state index contributed by atoms with van der Waals surface area (Å²) in [7, 11) is 0. The number of rotatable bonds is 2. The van der Waals surface area contributed by atoms with E-state index in [4.69, 9.17) is 11.6 Å². The van der Waals surface area contributed by atoms with E-state index in [0.717, 1.165) is 18.4 Å². The Morgan fingerprint density at radius 3 is 2.88 bits per heavy atom. The molecule has 86 valence electrons. The van der Waals surface area contributed by atoms with Gasteiger partial charge >= 0.3 is 5.97 Å². The minimum Gasteiger partial charge on any atom is -0.481 e. The molecule has 0 saturated heterocycles. The van der Waals surface area contributed by atoms with Gasteiger partial charge in [0.2, 0.25) is 0 Å². The van der Waals surface area contributed by atoms with Crippen LogP contribution in [0.1, 0.15) is 30.9 Å². The van der Waals surface area contributed by atoms with E-state index >= 15 is 0 Å². The number of carbonyl (C=O) groups is 1. The lowest BCUT2D eigenvalue weighted by Crippen LogP contribution is -2.36. The molecule has 0 heterocycles. The summed E-state index contributed by atoms with van der Waals surface area (Å²) in [5.74, 6) is -0.680. The van der Waals surface area contributed by atoms with Crippen molar-refractivity contribution in [3.63, 3.8) is 0 Å². The lowest BCUT2D eigenvalue weighted by molar-refractivity contribution is -0.150. The molecule has 0 saturated carbocycles. The van der Waals surface area contributed by atoms with Crippen molar-refractivity contribution in [2.45, 2.75) is 32.6 Å². The van der Waals surface area contributed by atoms with Gasteiger partial charge in [-0.15, -0.1) is 0 Å². The minimum atomic E-state index is -0.680. The van der Waals surface area contributed by atoms with Crippen LogP contribution < -0.4 is 0 Å². The maximum absolute atomic E-state index is 11.4. The van der Waals surface area contributed by atoms with Crippen LogP contribution >= 0.6 is 11.6 Å². The van der Waals surface area contributed by atoms with Gasteiger partial charge in [0, 0.05) is 5.02 Å². The van der Waals surface area contributed by atoms with Crippen LogP contribution in [0.5, 0.6) is 0 Å². The Labute approximate surface area is 100 Å². The predicted octanol–water partition coefficient (Wildman–Crippen LogP) is 3.31. The quantitative estimate of drug-likeness (QED) is 0.858. The Hall–Kier alpha value is -1.02. The van der Waals surface area contributed by atoms with Crippen LogP contribution in [0.2, 0.25) is 5.02 Å². The van der Waals surface area contributed by atoms with E-state index < -0.39 is 11.4 Å². The molecule has 3 heteroatoms. The van der Waals surface area contributed by atoms with Crippen molar-refractivity contribution in [1.29, 1.82) is 0 Å². The highest BCUT2D eigenvalue weighted by Gasteiger charge is 2.39. The van der Waals surface area contributed by atoms with Gasteiger partial charge in [-0.1, -0.05) is 24.6 Å². The summed E-state index contributed by atoms with van der Waals surface area (Å²) in [5, 5.41) is 10.0. The Kier molecular flexibility index (Phi) is 2.94. The molecule has 0 bridgehead atoms. The van der Waals surface area contributed by atoms with Crippen molar-refractivity contribution in [1.82, 2.24) is 0 Å². The average molecular weight is 239 g/mol. The molecule has 0 spiro atoms. The normalized spacial score (nSPS) is 23.9. The van der Waals surface area contributed by atoms with E-state index in [0.29, 0.717) is 17.9 Å². The van der Waals surface area contributed by atoms with Gasteiger partial charge in [0.25, 0.3) is 0 Å². The van der Waals surface area contributed by atoms with Crippen molar-refractivity contribution in [3.8, 4) is 0 Å². The van der Waals surface area contributed by atoms with E-state index in [1.54, 1.807) is 0 Å². The summed E-state index contributed by atoms with van der Waals surface area (Å²) in [6.07, 6.45) is 2.85. The second kappa shape index (κ2) is 4.10. The Bertz CT molecular complexity index is 428. The molecule has 2 nitrogen and oxygen atoms in total. The molecule has 1 aliphatic carbocycles. The predicted molar refractivity (Wildman–Crippen MR) is 63.8 cm³/mol. The van der Waals surface area contributed by atoms with Crippen LogP contribution in [0.3, 0.4) is 0 Å². The molecule has 1 N–H and O–H groups in total. The topological polar surface area (TPSA) is 37.3 Å². The van der Waals surface area contributed by atoms with Crippen LogP contribution in [0.25, 0.3) is 0 Å². The highest BCUT2D eigenvalue weighted by Crippen LogP contribution is 2.39. The second-order valence-corrected chi connectivity index (χ2v) is 4.97. The first-order chi connectivity index (χ1) is 7.57. The summed E-state index contributed by atoms with van der Waals surface area (Å²) >= 11 is 5.95. The van der Waals surface area contributed by atoms with Crippen molar-refractivity contribution in [2.24, 2.45) is 5.41 Å². The molecule has 0 aliphatic heterocycles. The molecule has 1 unspecified atom stereocenters. The van der Waals surface area contributed by atoms with Crippen LogP contribution in [0.4, 0.5) is 0 Å². The smallest absolute Gasteiger partial charge is 0.309 e. The van der Waals surface area contributed by atoms with Gasteiger partial charge in [0.15, 0.2) is 0 Å². The summed E-state index contributed by atoms with van der Waals surface area (Å²) in [4.78, 5) is 11.4. The first-order valence-corrected chi connectivity index (χ1v) is 5.96. The zero-order valence-corrected chi connectivity index (χ0v) is 10.0. The van der Waals surface area contributed by atoms with Gasteiger partial charge in [0.05, 0.1) is 5.41 Å². The SMILES string of the molecule is CCC1(C(=O)O)CCc2ccc(Cl)cc2C1. The van der Waals surface area contributed by atoms with Crippen LogP contribution in [0, 0.1) is 5.41 Å². The Morgan fingerprint density at radius 2 is 2.25 bits per heavy atom. The summed E-state index contributed by atoms with van der Waals surface area (Å²) in [5.41, 5.74) is 1.76. The number of hydrogen-bond acceptors (Lipinski definition) is 1. The third kappa shape index (κ3) is 1.82. The molecule has 0 fully saturated rings. The summed E-state index contributed by atoms with van der Waals surface area (Å²) in [6.45, 7) is 1.95. The maximum Gasteiger partial charge on any atom is 0.309 e. The minimum absolute atomic E-state index is 0.586. The third-order valence-corrected chi connectivity index (χ3v) is 3.94. The fourth-order valence-corrected chi connectivity index (χ4v) is 2.66. The number of benzene rings is 1. The van der Waals surface area contributed by atoms with Crippen molar-refractivity contribution >= 4 is 17.6 Å². The highest BCUT2D eigenvalue weighted by atomic mass is 35.5. The molecule has 16 heavy (non-hydrogen) atoms. The van der Waals surface area contributed by atoms with Crippen LogP contribution in [0.15, 0.2) is 18.2 Å². The van der Waals surface area contributed by atoms with Crippen molar-refractivity contribution in [3.05, 3.63) is 34.3 Å². The zero-order valence-electron chi connectivity index (χ0n) is 9.29. The van der Waals surface area contributed by atoms with Gasteiger partial charge in [0.1, 0.15) is 0 Å². The molecule has 1 aliphatic rings. The van der Waals surface area contributed by atoms with Gasteiger partial charge < -0.3 is 5.11 Å². The first kappa shape index (κ1) is 11.5. The molecule has 2 rings (SSSR count). The molecule has 1 atom stereocenters. The summed E-state index contributed by atoms with van der Waals surface area (Å²) in [6, 6.07) is 5.79. The number of carboxylic acid groups (broad SMARTS) is 1. The standard InChI is InChI=1S/C13H15ClO2/c1-2-13(12(15)16)6-5-9-3-4-11(14)7-10(9)8-13/h3-4,7H,2,5-6,8H2,1H3,(H,15,16). The lowest BCUT2D eigenvalue weighted by atomic mass is 9.70. The van der Waals surface area contributed by atoms with E-state index in [1.165, 1.54) is 5.56 Å². The number of aryl methyl sites for hydroxylation is 1. The monoisotopic (exact) mass is 238 g/mol. The van der Waals surface area contributed by atoms with E-state index in [1.807, 2.05) is 25.1 Å². The molecule has 0 amide bonds. The molecular weight excluding hydrogens is 224 g/mol. The average Bonchev–Trinajstić information content (AvgIpc) is 2.27. The Balaban J connectivity index is 2.38. The van der Waals surface area contributed by atoms with E-state index in [-0.39, 0.29) is 0 Å². The number of aliphatic carboxylic acids is 1. The van der Waals surface area contributed by atoms with E-state index in [9.17, 15) is 9.90 Å². The largest absolute Gasteiger partial charge is 0.481 e. The Morgan fingerprint density at radius 1 is 1.50 bits per heavy atom. The van der Waals surface area contributed by atoms with Crippen molar-refractivity contribution < 1.29 is 9.90 Å². The number of carboxylic acids is 1. The van der Waals surface area contributed by atoms with Crippen molar-refractivity contribution in [2.75, 3.05) is 0 Å². The number of halogens is 1. The van der Waals surface area contributed by atoms with Gasteiger partial charge in [-0.2, -0.15) is 0 Å². The third-order valence-electron chi connectivity index (χ3n) is 3.70. The molecular formula is C13H15ClO2. The zero-order chi connectivity index (χ0) is 11.8. The van der Waals surface area contributed by atoms with Gasteiger partial charge in [-0.25, -0.2) is 0 Å². The van der Waals surface area contributed by atoms with Crippen LogP contribution in [-0.2, 0) is 17.6 Å². The molecule has 0 radical (unpaired) electrons. The number of hydrogen-bond donors (Lipinski definition) is 1. The fourth-order valence-electron chi connectivity index (χ4n) is 2.47. The van der Waals surface area contributed by atoms with E-state index in [2.05, 4.69) is 0 Å². The fraction of sp³-hybridized carbons (Fsp3) is 0.462. The highest BCUT2D eigenvalue weighted by molar-refractivity contribution is 6.30. The molecule has 1 aromatic carbocycles. The lowest BCUT2D eigenvalue weighted by Gasteiger charge is -2.33. The molecule has 1 aromatic rings. The molecule has 0 aromatic heterocycles. The second-order valence-electron chi connectivity index (χ2n) is 4.53. The first-order valence-electron chi connectivity index (χ1n) is 5.58. The maximum atomic E-state index is 11.4. The van der Waals surface area contributed by atoms with Gasteiger partial charge in [-0.3, -0.25) is 4.79 Å². The van der Waals surface area contributed by atoms with Crippen LogP contribution in [-0.4, -0.2) is 11.1 Å². The number of fused-ring (bicyclic) bond motifs is 1. The summed E-state index contributed by atoms with van der Waals surface area (Å²) < 4.78 is 0. The van der Waals surface area contributed by atoms with Gasteiger partial charge in [-0.05, 0) is 48.9 Å².